The molecule has 31 heavy (non-hydrogen) atoms. The van der Waals surface area contributed by atoms with Crippen molar-refractivity contribution in [3.8, 4) is 11.5 Å². The average molecular weight is 427 g/mol. The van der Waals surface area contributed by atoms with Crippen molar-refractivity contribution in [2.24, 2.45) is 0 Å². The normalized spacial score (nSPS) is 12.4. The van der Waals surface area contributed by atoms with Gasteiger partial charge >= 0.3 is 5.97 Å². The lowest BCUT2D eigenvalue weighted by molar-refractivity contribution is -0.139. The van der Waals surface area contributed by atoms with Crippen LogP contribution in [0, 0.1) is 0 Å². The molecule has 0 amide bonds. The third-order valence-corrected chi connectivity index (χ3v) is 4.91. The third-order valence-electron chi connectivity index (χ3n) is 4.91. The van der Waals surface area contributed by atoms with Gasteiger partial charge in [-0.05, 0) is 19.8 Å². The summed E-state index contributed by atoms with van der Waals surface area (Å²) in [6.45, 7) is 8.30. The number of fused-ring (bicyclic) bond motifs is 2. The molecule has 0 heterocycles. The van der Waals surface area contributed by atoms with Gasteiger partial charge in [0.1, 0.15) is 24.7 Å². The molecular weight excluding hydrogens is 396 g/mol. The predicted octanol–water partition coefficient (Wildman–Crippen LogP) is 4.03. The van der Waals surface area contributed by atoms with Crippen LogP contribution in [0.25, 0.3) is 10.8 Å². The van der Waals surface area contributed by atoms with Gasteiger partial charge in [0.25, 0.3) is 0 Å². The minimum absolute atomic E-state index is 0.207. The van der Waals surface area contributed by atoms with Crippen LogP contribution >= 0.6 is 0 Å². The lowest BCUT2D eigenvalue weighted by Gasteiger charge is -2.23. The van der Waals surface area contributed by atoms with Gasteiger partial charge in [-0.25, -0.2) is 4.79 Å². The van der Waals surface area contributed by atoms with E-state index in [1.165, 1.54) is 11.1 Å². The smallest absolute Gasteiger partial charge is 0.330 e. The topological polar surface area (TPSA) is 63.2 Å². The molecule has 0 bridgehead atoms. The molecule has 0 atom stereocenters. The summed E-state index contributed by atoms with van der Waals surface area (Å²) in [5.74, 6) is 1.44. The predicted molar refractivity (Wildman–Crippen MR) is 120 cm³/mol. The summed E-state index contributed by atoms with van der Waals surface area (Å²) in [5.41, 5.74) is 2.41. The first kappa shape index (κ1) is 22.8. The van der Waals surface area contributed by atoms with Crippen molar-refractivity contribution >= 4 is 16.7 Å². The van der Waals surface area contributed by atoms with Gasteiger partial charge in [-0.1, -0.05) is 43.0 Å². The molecule has 0 N–H and O–H groups in total. The first-order valence-corrected chi connectivity index (χ1v) is 10.7. The van der Waals surface area contributed by atoms with Crippen molar-refractivity contribution < 1.29 is 28.5 Å². The second kappa shape index (κ2) is 12.1. The molecule has 3 rings (SSSR count). The molecule has 1 aliphatic rings. The SMILES string of the molecule is C=CC(=O)OCCOCCOCCOc1c2c(c(OCC)c3ccccc13)CC=CC2. The number of allylic oxidation sites excluding steroid dienone is 2. The van der Waals surface area contributed by atoms with Crippen LogP contribution in [-0.2, 0) is 31.8 Å². The summed E-state index contributed by atoms with van der Waals surface area (Å²) < 4.78 is 28.0. The van der Waals surface area contributed by atoms with Crippen LogP contribution in [0.5, 0.6) is 11.5 Å². The highest BCUT2D eigenvalue weighted by Gasteiger charge is 2.21. The maximum absolute atomic E-state index is 10.9. The van der Waals surface area contributed by atoms with Crippen molar-refractivity contribution in [2.45, 2.75) is 19.8 Å². The third kappa shape index (κ3) is 6.09. The zero-order valence-electron chi connectivity index (χ0n) is 18.1. The number of esters is 1. The van der Waals surface area contributed by atoms with E-state index in [2.05, 4.69) is 30.9 Å². The molecular formula is C25H30O6. The summed E-state index contributed by atoms with van der Waals surface area (Å²) in [4.78, 5) is 10.9. The van der Waals surface area contributed by atoms with Crippen LogP contribution in [0.1, 0.15) is 18.1 Å². The van der Waals surface area contributed by atoms with Crippen molar-refractivity contribution in [1.29, 1.82) is 0 Å². The van der Waals surface area contributed by atoms with Gasteiger partial charge in [-0.3, -0.25) is 0 Å². The molecule has 0 radical (unpaired) electrons. The van der Waals surface area contributed by atoms with E-state index in [0.29, 0.717) is 39.6 Å². The lowest BCUT2D eigenvalue weighted by Crippen LogP contribution is -2.14. The van der Waals surface area contributed by atoms with E-state index in [9.17, 15) is 4.79 Å². The maximum atomic E-state index is 10.9. The minimum Gasteiger partial charge on any atom is -0.493 e. The molecule has 0 unspecified atom stereocenters. The summed E-state index contributed by atoms with van der Waals surface area (Å²) >= 11 is 0. The van der Waals surface area contributed by atoms with Gasteiger partial charge in [-0.15, -0.1) is 0 Å². The van der Waals surface area contributed by atoms with Crippen molar-refractivity contribution in [1.82, 2.24) is 0 Å². The van der Waals surface area contributed by atoms with E-state index in [0.717, 1.165) is 41.2 Å². The van der Waals surface area contributed by atoms with Gasteiger partial charge in [0.2, 0.25) is 0 Å². The van der Waals surface area contributed by atoms with Gasteiger partial charge in [-0.2, -0.15) is 0 Å². The summed E-state index contributed by atoms with van der Waals surface area (Å²) in [6, 6.07) is 8.23. The molecule has 2 aromatic carbocycles. The van der Waals surface area contributed by atoms with E-state index >= 15 is 0 Å². The summed E-state index contributed by atoms with van der Waals surface area (Å²) in [6.07, 6.45) is 7.18. The number of hydrogen-bond donors (Lipinski definition) is 0. The van der Waals surface area contributed by atoms with E-state index in [1.54, 1.807) is 0 Å². The molecule has 0 fully saturated rings. The van der Waals surface area contributed by atoms with E-state index in [4.69, 9.17) is 23.7 Å². The van der Waals surface area contributed by atoms with Crippen LogP contribution in [-0.4, -0.2) is 52.2 Å². The molecule has 1 aliphatic carbocycles. The monoisotopic (exact) mass is 426 g/mol. The Bertz CT molecular complexity index is 918. The molecule has 0 saturated carbocycles. The zero-order valence-corrected chi connectivity index (χ0v) is 18.1. The highest BCUT2D eigenvalue weighted by Crippen LogP contribution is 2.43. The Hall–Kier alpha value is -2.83. The average Bonchev–Trinajstić information content (AvgIpc) is 2.81. The van der Waals surface area contributed by atoms with E-state index in [-0.39, 0.29) is 6.61 Å². The highest BCUT2D eigenvalue weighted by molar-refractivity contribution is 5.96. The molecule has 6 heteroatoms. The van der Waals surface area contributed by atoms with Crippen molar-refractivity contribution in [3.05, 3.63) is 60.2 Å². The second-order valence-corrected chi connectivity index (χ2v) is 6.92. The lowest BCUT2D eigenvalue weighted by atomic mass is 9.90. The van der Waals surface area contributed by atoms with Crippen LogP contribution in [0.3, 0.4) is 0 Å². The number of ether oxygens (including phenoxy) is 5. The molecule has 0 aromatic heterocycles. The van der Waals surface area contributed by atoms with Crippen LogP contribution in [0.2, 0.25) is 0 Å². The van der Waals surface area contributed by atoms with Gasteiger partial charge in [0, 0.05) is 28.0 Å². The van der Waals surface area contributed by atoms with Crippen LogP contribution in [0.4, 0.5) is 0 Å². The highest BCUT2D eigenvalue weighted by atomic mass is 16.6. The Morgan fingerprint density at radius 3 is 2.00 bits per heavy atom. The van der Waals surface area contributed by atoms with Gasteiger partial charge in [0.15, 0.2) is 0 Å². The number of hydrogen-bond acceptors (Lipinski definition) is 6. The fraction of sp³-hybridized carbons (Fsp3) is 0.400. The number of carbonyl (C=O) groups excluding carboxylic acids is 1. The largest absolute Gasteiger partial charge is 0.493 e. The number of carbonyl (C=O) groups is 1. The fourth-order valence-corrected chi connectivity index (χ4v) is 3.57. The molecule has 0 spiro atoms. The van der Waals surface area contributed by atoms with E-state index < -0.39 is 5.97 Å². The number of rotatable bonds is 13. The molecule has 0 aliphatic heterocycles. The van der Waals surface area contributed by atoms with Crippen molar-refractivity contribution in [3.63, 3.8) is 0 Å². The molecule has 0 saturated heterocycles. The first-order valence-electron chi connectivity index (χ1n) is 10.7. The summed E-state index contributed by atoms with van der Waals surface area (Å²) in [5, 5.41) is 2.15. The Balaban J connectivity index is 1.52. The first-order chi connectivity index (χ1) is 15.3. The Morgan fingerprint density at radius 1 is 0.871 bits per heavy atom. The van der Waals surface area contributed by atoms with Gasteiger partial charge < -0.3 is 23.7 Å². The molecule has 6 nitrogen and oxygen atoms in total. The van der Waals surface area contributed by atoms with E-state index in [1.807, 2.05) is 19.1 Å². The summed E-state index contributed by atoms with van der Waals surface area (Å²) in [7, 11) is 0. The maximum Gasteiger partial charge on any atom is 0.330 e. The van der Waals surface area contributed by atoms with Crippen LogP contribution < -0.4 is 9.47 Å². The zero-order chi connectivity index (χ0) is 21.9. The Labute approximate surface area is 183 Å². The molecule has 2 aromatic rings. The van der Waals surface area contributed by atoms with Crippen molar-refractivity contribution in [2.75, 3.05) is 46.2 Å². The minimum atomic E-state index is -0.448. The Kier molecular flexibility index (Phi) is 8.94. The quantitative estimate of drug-likeness (QED) is 0.209. The molecule has 166 valence electrons. The van der Waals surface area contributed by atoms with Crippen LogP contribution in [0.15, 0.2) is 49.1 Å². The standard InChI is InChI=1S/C25H30O6/c1-3-23(26)30-17-15-27-13-14-28-16-18-31-25-21-11-7-5-9-19(21)24(29-4-2)20-10-6-8-12-22(20)25/h3,5-9,11H,1,4,10,12-18H2,2H3. The van der Waals surface area contributed by atoms with Gasteiger partial charge in [0.05, 0.1) is 33.0 Å². The Morgan fingerprint density at radius 2 is 1.42 bits per heavy atom. The fourth-order valence-electron chi connectivity index (χ4n) is 3.57. The second-order valence-electron chi connectivity index (χ2n) is 6.92. The number of benzene rings is 2.